The summed E-state index contributed by atoms with van der Waals surface area (Å²) in [4.78, 5) is 37.8. The van der Waals surface area contributed by atoms with Crippen LogP contribution in [0.3, 0.4) is 0 Å². The maximum atomic E-state index is 13.3. The summed E-state index contributed by atoms with van der Waals surface area (Å²) in [5.74, 6) is 0.240. The average molecular weight is 637 g/mol. The maximum absolute atomic E-state index is 13.3. The van der Waals surface area contributed by atoms with E-state index in [2.05, 4.69) is 36.4 Å². The van der Waals surface area contributed by atoms with Gasteiger partial charge in [0.1, 0.15) is 17.8 Å². The number of esters is 2. The van der Waals surface area contributed by atoms with E-state index in [1.807, 2.05) is 24.3 Å². The molecule has 0 bridgehead atoms. The first-order chi connectivity index (χ1) is 17.9. The minimum absolute atomic E-state index is 0.0536. The molecule has 0 unspecified atom stereocenters. The Balaban J connectivity index is 1.46. The zero-order valence-electron chi connectivity index (χ0n) is 23.0. The summed E-state index contributed by atoms with van der Waals surface area (Å²) in [6.45, 7) is 7.47. The lowest BCUT2D eigenvalue weighted by atomic mass is 9.43. The second-order valence-electron chi connectivity index (χ2n) is 13.0. The first kappa shape index (κ1) is 28.1. The molecule has 0 spiro atoms. The molecule has 4 saturated carbocycles. The third-order valence-electron chi connectivity index (χ3n) is 11.2. The van der Waals surface area contributed by atoms with Gasteiger partial charge in [0.25, 0.3) is 0 Å². The summed E-state index contributed by atoms with van der Waals surface area (Å²) in [5.41, 5.74) is -0.842. The predicted octanol–water partition coefficient (Wildman–Crippen LogP) is 5.65. The molecule has 0 aromatic heterocycles. The van der Waals surface area contributed by atoms with Crippen LogP contribution in [0.2, 0.25) is 0 Å². The van der Waals surface area contributed by atoms with Gasteiger partial charge in [0.05, 0.1) is 6.42 Å². The van der Waals surface area contributed by atoms with Crippen LogP contribution in [-0.4, -0.2) is 40.6 Å². The Bertz CT molecular complexity index is 1120. The van der Waals surface area contributed by atoms with E-state index in [-0.39, 0.29) is 59.5 Å². The number of fused-ring (bicyclic) bond motifs is 5. The molecule has 7 heteroatoms. The molecule has 1 N–H and O–H groups in total. The Morgan fingerprint density at radius 1 is 1.00 bits per heavy atom. The van der Waals surface area contributed by atoms with Crippen LogP contribution in [0.25, 0.3) is 0 Å². The summed E-state index contributed by atoms with van der Waals surface area (Å²) >= 11 is 2.25. The van der Waals surface area contributed by atoms with Gasteiger partial charge >= 0.3 is 11.9 Å². The van der Waals surface area contributed by atoms with Crippen LogP contribution in [0, 0.1) is 38.1 Å². The second kappa shape index (κ2) is 10.2. The second-order valence-corrected chi connectivity index (χ2v) is 14.2. The Hall–Kier alpha value is -1.48. The summed E-state index contributed by atoms with van der Waals surface area (Å²) in [6.07, 6.45) is 6.17. The Morgan fingerprint density at radius 2 is 1.74 bits per heavy atom. The predicted molar refractivity (Wildman–Crippen MR) is 151 cm³/mol. The van der Waals surface area contributed by atoms with E-state index >= 15 is 0 Å². The molecular weight excluding hydrogens is 595 g/mol. The van der Waals surface area contributed by atoms with Crippen LogP contribution < -0.4 is 0 Å². The van der Waals surface area contributed by atoms with E-state index in [9.17, 15) is 19.5 Å². The fourth-order valence-electron chi connectivity index (χ4n) is 9.24. The van der Waals surface area contributed by atoms with E-state index in [1.165, 1.54) is 13.8 Å². The van der Waals surface area contributed by atoms with Crippen molar-refractivity contribution in [2.24, 2.45) is 34.5 Å². The topological polar surface area (TPSA) is 89.9 Å². The number of carbonyl (C=O) groups excluding carboxylic acids is 3. The molecular formula is C31H41IO6. The number of ketones is 1. The van der Waals surface area contributed by atoms with Crippen molar-refractivity contribution in [1.29, 1.82) is 0 Å². The van der Waals surface area contributed by atoms with Gasteiger partial charge in [0, 0.05) is 21.8 Å². The molecule has 0 heterocycles. The number of hydrogen-bond donors (Lipinski definition) is 1. The first-order valence-electron chi connectivity index (χ1n) is 14.2. The zero-order chi connectivity index (χ0) is 27.5. The molecule has 4 fully saturated rings. The Labute approximate surface area is 239 Å². The monoisotopic (exact) mass is 636 g/mol. The van der Waals surface area contributed by atoms with E-state index in [4.69, 9.17) is 9.47 Å². The van der Waals surface area contributed by atoms with Crippen molar-refractivity contribution in [2.45, 2.75) is 103 Å². The molecule has 9 atom stereocenters. The Morgan fingerprint density at radius 3 is 2.42 bits per heavy atom. The highest BCUT2D eigenvalue weighted by atomic mass is 127. The van der Waals surface area contributed by atoms with Gasteiger partial charge in [-0.25, -0.2) is 0 Å². The average Bonchev–Trinajstić information content (AvgIpc) is 3.11. The van der Waals surface area contributed by atoms with Crippen molar-refractivity contribution < 1.29 is 29.0 Å². The molecule has 0 saturated heterocycles. The normalized spacial score (nSPS) is 41.8. The third kappa shape index (κ3) is 4.63. The molecule has 1 aromatic carbocycles. The summed E-state index contributed by atoms with van der Waals surface area (Å²) in [5, 5.41) is 11.6. The molecule has 5 rings (SSSR count). The number of aliphatic hydroxyl groups is 1. The highest BCUT2D eigenvalue weighted by Gasteiger charge is 2.68. The minimum Gasteiger partial charge on any atom is -0.463 e. The number of benzene rings is 1. The molecule has 1 aromatic rings. The van der Waals surface area contributed by atoms with E-state index in [1.54, 1.807) is 0 Å². The van der Waals surface area contributed by atoms with Gasteiger partial charge in [-0.3, -0.25) is 14.4 Å². The third-order valence-corrected chi connectivity index (χ3v) is 11.9. The van der Waals surface area contributed by atoms with Gasteiger partial charge in [0.2, 0.25) is 0 Å². The van der Waals surface area contributed by atoms with E-state index in [0.29, 0.717) is 12.3 Å². The number of ether oxygens (including phenoxy) is 2. The fourth-order valence-corrected chi connectivity index (χ4v) is 9.85. The van der Waals surface area contributed by atoms with Gasteiger partial charge in [-0.1, -0.05) is 26.0 Å². The zero-order valence-corrected chi connectivity index (χ0v) is 25.2. The van der Waals surface area contributed by atoms with Crippen molar-refractivity contribution >= 4 is 40.3 Å². The molecule has 6 nitrogen and oxygen atoms in total. The molecule has 4 aliphatic carbocycles. The first-order valence-corrected chi connectivity index (χ1v) is 15.3. The van der Waals surface area contributed by atoms with Crippen molar-refractivity contribution in [3.05, 3.63) is 33.4 Å². The molecule has 0 radical (unpaired) electrons. The smallest absolute Gasteiger partial charge is 0.310 e. The maximum Gasteiger partial charge on any atom is 0.310 e. The van der Waals surface area contributed by atoms with Crippen LogP contribution in [-0.2, 0) is 30.3 Å². The van der Waals surface area contributed by atoms with E-state index < -0.39 is 11.0 Å². The lowest BCUT2D eigenvalue weighted by molar-refractivity contribution is -0.207. The lowest BCUT2D eigenvalue weighted by Crippen LogP contribution is -2.62. The lowest BCUT2D eigenvalue weighted by Gasteiger charge is -2.63. The molecule has 4 aliphatic rings. The number of hydrogen-bond acceptors (Lipinski definition) is 6. The van der Waals surface area contributed by atoms with Gasteiger partial charge < -0.3 is 14.6 Å². The summed E-state index contributed by atoms with van der Waals surface area (Å²) in [7, 11) is 0. The van der Waals surface area contributed by atoms with Crippen molar-refractivity contribution in [2.75, 3.05) is 0 Å². The number of carbonyl (C=O) groups is 3. The summed E-state index contributed by atoms with van der Waals surface area (Å²) in [6, 6.07) is 7.92. The molecule has 0 aliphatic heterocycles. The minimum atomic E-state index is -1.32. The van der Waals surface area contributed by atoms with Gasteiger partial charge in [-0.2, -0.15) is 0 Å². The molecule has 0 amide bonds. The fraction of sp³-hybridized carbons (Fsp3) is 0.710. The largest absolute Gasteiger partial charge is 0.463 e. The highest BCUT2D eigenvalue weighted by Crippen LogP contribution is 2.68. The van der Waals surface area contributed by atoms with Crippen LogP contribution in [0.1, 0.15) is 84.6 Å². The van der Waals surface area contributed by atoms with Crippen LogP contribution in [0.4, 0.5) is 0 Å². The van der Waals surface area contributed by atoms with Crippen molar-refractivity contribution in [3.8, 4) is 0 Å². The van der Waals surface area contributed by atoms with Gasteiger partial charge in [-0.05, 0) is 122 Å². The molecule has 38 heavy (non-hydrogen) atoms. The van der Waals surface area contributed by atoms with Crippen LogP contribution in [0.5, 0.6) is 0 Å². The number of rotatable bonds is 5. The van der Waals surface area contributed by atoms with Gasteiger partial charge in [-0.15, -0.1) is 0 Å². The van der Waals surface area contributed by atoms with E-state index in [0.717, 1.165) is 54.1 Å². The van der Waals surface area contributed by atoms with Crippen LogP contribution in [0.15, 0.2) is 24.3 Å². The quantitative estimate of drug-likeness (QED) is 0.332. The highest BCUT2D eigenvalue weighted by molar-refractivity contribution is 14.1. The summed E-state index contributed by atoms with van der Waals surface area (Å²) < 4.78 is 13.1. The molecule has 208 valence electrons. The number of Topliss-reactive ketones (excluding diaryl/α,β-unsaturated/α-hetero) is 1. The van der Waals surface area contributed by atoms with Crippen molar-refractivity contribution in [3.63, 3.8) is 0 Å². The Kier molecular flexibility index (Phi) is 7.51. The van der Waals surface area contributed by atoms with Crippen molar-refractivity contribution in [1.82, 2.24) is 0 Å². The number of halogens is 1. The van der Waals surface area contributed by atoms with Gasteiger partial charge in [0.15, 0.2) is 5.78 Å². The van der Waals surface area contributed by atoms with Crippen LogP contribution >= 0.6 is 22.6 Å². The standard InChI is InChI=1S/C31H41IO6/c1-18(33)31(36)13-10-25-28-24(9-12-30(25,31)4)29(3)11-8-23(37-19(2)34)16-21(29)17-26(28)38-27(35)15-20-6-5-7-22(32)14-20/h5-7,14,21,23-26,28,36H,8-13,15-17H2,1-4H3/t21-,23-,24+,25+,26+,28-,29+,30+,31+/m1/s1. The SMILES string of the molecule is CC(=O)O[C@@H]1CC[C@@]2(C)[C@H](C1)C[C@H](OC(=O)Cc1cccc(I)c1)[C@@H]1[C@@H]2CC[C@@]2(C)[C@H]1CC[C@]2(O)C(C)=O.